The second-order valence-electron chi connectivity index (χ2n) is 8.03. The molecular formula is C27H21Br2N3O6. The molecule has 4 rings (SSSR count). The van der Waals surface area contributed by atoms with E-state index < -0.39 is 10.8 Å². The molecule has 1 N–H and O–H groups in total. The Kier molecular flexibility index (Phi) is 8.59. The zero-order chi connectivity index (χ0) is 27.2. The van der Waals surface area contributed by atoms with Gasteiger partial charge in [0.15, 0.2) is 17.3 Å². The lowest BCUT2D eigenvalue weighted by molar-refractivity contribution is -0.384. The van der Waals surface area contributed by atoms with Crippen molar-refractivity contribution >= 4 is 60.6 Å². The molecule has 3 aromatic carbocycles. The maximum Gasteiger partial charge on any atom is 0.307 e. The van der Waals surface area contributed by atoms with Crippen LogP contribution in [0.25, 0.3) is 11.0 Å². The van der Waals surface area contributed by atoms with Gasteiger partial charge in [-0.3, -0.25) is 14.9 Å². The van der Waals surface area contributed by atoms with Gasteiger partial charge in [-0.1, -0.05) is 22.0 Å². The quantitative estimate of drug-likeness (QED) is 0.0866. The first-order valence-electron chi connectivity index (χ1n) is 11.2. The number of hydrazone groups is 1. The Hall–Kier alpha value is -3.96. The third-order valence-electron chi connectivity index (χ3n) is 5.41. The topological polar surface area (TPSA) is 116 Å². The first kappa shape index (κ1) is 27.1. The van der Waals surface area contributed by atoms with Crippen LogP contribution >= 0.6 is 31.9 Å². The van der Waals surface area contributed by atoms with Gasteiger partial charge in [0, 0.05) is 27.6 Å². The van der Waals surface area contributed by atoms with Crippen molar-refractivity contribution in [2.75, 3.05) is 7.11 Å². The zero-order valence-electron chi connectivity index (χ0n) is 20.1. The van der Waals surface area contributed by atoms with Crippen LogP contribution in [-0.4, -0.2) is 24.2 Å². The van der Waals surface area contributed by atoms with Gasteiger partial charge < -0.3 is 13.9 Å². The average Bonchev–Trinajstić information content (AvgIpc) is 3.33. The fraction of sp³-hybridized carbons (Fsp3) is 0.111. The highest BCUT2D eigenvalue weighted by Crippen LogP contribution is 2.34. The molecule has 0 saturated heterocycles. The number of nitrogens with one attached hydrogen (secondary N) is 1. The minimum Gasteiger partial charge on any atom is -0.493 e. The SMILES string of the molecule is C=CCc1cc(/C=N\NC(=O)c2cc3cc(Br)cc(Br)c3o2)cc(OC)c1OCc1ccc([N+](=O)[O-])cc1. The molecule has 0 fully saturated rings. The Morgan fingerprint density at radius 3 is 2.63 bits per heavy atom. The molecule has 0 saturated carbocycles. The Morgan fingerprint density at radius 1 is 1.18 bits per heavy atom. The number of fused-ring (bicyclic) bond motifs is 1. The Balaban J connectivity index is 1.50. The predicted molar refractivity (Wildman–Crippen MR) is 151 cm³/mol. The van der Waals surface area contributed by atoms with E-state index in [9.17, 15) is 14.9 Å². The summed E-state index contributed by atoms with van der Waals surface area (Å²) in [6.45, 7) is 3.99. The highest BCUT2D eigenvalue weighted by Gasteiger charge is 2.15. The predicted octanol–water partition coefficient (Wildman–Crippen LogP) is 6.95. The van der Waals surface area contributed by atoms with Crippen LogP contribution in [0.4, 0.5) is 5.69 Å². The number of carbonyl (C=O) groups is 1. The molecule has 194 valence electrons. The second kappa shape index (κ2) is 12.1. The lowest BCUT2D eigenvalue weighted by atomic mass is 10.1. The van der Waals surface area contributed by atoms with Crippen LogP contribution in [0, 0.1) is 10.1 Å². The number of nitro benzene ring substituents is 1. The minimum atomic E-state index is -0.498. The highest BCUT2D eigenvalue weighted by atomic mass is 79.9. The first-order valence-corrected chi connectivity index (χ1v) is 12.8. The van der Waals surface area contributed by atoms with Crippen LogP contribution in [0.1, 0.15) is 27.2 Å². The molecule has 4 aromatic rings. The molecule has 0 spiro atoms. The van der Waals surface area contributed by atoms with Crippen molar-refractivity contribution in [3.63, 3.8) is 0 Å². The van der Waals surface area contributed by atoms with Crippen molar-refractivity contribution in [2.45, 2.75) is 13.0 Å². The number of non-ortho nitro benzene ring substituents is 1. The van der Waals surface area contributed by atoms with Gasteiger partial charge in [-0.2, -0.15) is 5.10 Å². The van der Waals surface area contributed by atoms with E-state index in [0.29, 0.717) is 29.1 Å². The molecule has 9 nitrogen and oxygen atoms in total. The molecule has 0 bridgehead atoms. The smallest absolute Gasteiger partial charge is 0.307 e. The minimum absolute atomic E-state index is 0.00988. The van der Waals surface area contributed by atoms with Crippen molar-refractivity contribution < 1.29 is 23.6 Å². The molecule has 11 heteroatoms. The maximum absolute atomic E-state index is 12.6. The largest absolute Gasteiger partial charge is 0.493 e. The van der Waals surface area contributed by atoms with Crippen LogP contribution in [-0.2, 0) is 13.0 Å². The van der Waals surface area contributed by atoms with Crippen molar-refractivity contribution in [1.82, 2.24) is 5.43 Å². The van der Waals surface area contributed by atoms with E-state index in [1.807, 2.05) is 18.2 Å². The number of amides is 1. The van der Waals surface area contributed by atoms with E-state index in [-0.39, 0.29) is 18.1 Å². The van der Waals surface area contributed by atoms with E-state index in [0.717, 1.165) is 25.5 Å². The molecule has 0 aliphatic heterocycles. The first-order chi connectivity index (χ1) is 18.3. The van der Waals surface area contributed by atoms with E-state index in [2.05, 4.69) is 49.0 Å². The number of nitrogens with zero attached hydrogens (tertiary/aromatic N) is 2. The third-order valence-corrected chi connectivity index (χ3v) is 6.45. The van der Waals surface area contributed by atoms with Crippen molar-refractivity contribution in [1.29, 1.82) is 0 Å². The van der Waals surface area contributed by atoms with Crippen molar-refractivity contribution in [3.05, 3.63) is 109 Å². The van der Waals surface area contributed by atoms with Crippen LogP contribution in [0.2, 0.25) is 0 Å². The number of methoxy groups -OCH3 is 1. The molecule has 0 atom stereocenters. The number of carbonyl (C=O) groups excluding carboxylic acids is 1. The number of furan rings is 1. The molecule has 0 radical (unpaired) electrons. The van der Waals surface area contributed by atoms with E-state index in [1.54, 1.807) is 30.3 Å². The molecule has 1 aromatic heterocycles. The van der Waals surface area contributed by atoms with Gasteiger partial charge in [-0.05, 0) is 75.9 Å². The van der Waals surface area contributed by atoms with Crippen molar-refractivity contribution in [2.24, 2.45) is 5.10 Å². The number of hydrogen-bond donors (Lipinski definition) is 1. The molecule has 38 heavy (non-hydrogen) atoms. The number of rotatable bonds is 10. The van der Waals surface area contributed by atoms with Crippen molar-refractivity contribution in [3.8, 4) is 11.5 Å². The Labute approximate surface area is 234 Å². The molecule has 1 amide bonds. The summed E-state index contributed by atoms with van der Waals surface area (Å²) in [5.74, 6) is 0.607. The van der Waals surface area contributed by atoms with Gasteiger partial charge in [0.05, 0.1) is 22.7 Å². The van der Waals surface area contributed by atoms with Gasteiger partial charge in [-0.25, -0.2) is 5.43 Å². The fourth-order valence-electron chi connectivity index (χ4n) is 3.66. The summed E-state index contributed by atoms with van der Waals surface area (Å²) in [5.41, 5.74) is 5.27. The lowest BCUT2D eigenvalue weighted by Gasteiger charge is -2.16. The molecule has 0 aliphatic carbocycles. The highest BCUT2D eigenvalue weighted by molar-refractivity contribution is 9.11. The Morgan fingerprint density at radius 2 is 1.95 bits per heavy atom. The molecule has 1 heterocycles. The second-order valence-corrected chi connectivity index (χ2v) is 9.80. The zero-order valence-corrected chi connectivity index (χ0v) is 23.2. The van der Waals surface area contributed by atoms with Gasteiger partial charge in [0.25, 0.3) is 5.69 Å². The van der Waals surface area contributed by atoms with Gasteiger partial charge in [-0.15, -0.1) is 6.58 Å². The summed E-state index contributed by atoms with van der Waals surface area (Å²) in [7, 11) is 1.52. The summed E-state index contributed by atoms with van der Waals surface area (Å²) >= 11 is 6.84. The van der Waals surface area contributed by atoms with E-state index in [4.69, 9.17) is 13.9 Å². The van der Waals surface area contributed by atoms with E-state index >= 15 is 0 Å². The number of allylic oxidation sites excluding steroid dienone is 1. The summed E-state index contributed by atoms with van der Waals surface area (Å²) in [4.78, 5) is 23.0. The number of halogens is 2. The van der Waals surface area contributed by atoms with Crippen LogP contribution in [0.15, 0.2) is 85.7 Å². The van der Waals surface area contributed by atoms with Gasteiger partial charge in [0.1, 0.15) is 12.2 Å². The fourth-order valence-corrected chi connectivity index (χ4v) is 5.00. The number of hydrogen-bond acceptors (Lipinski definition) is 7. The standard InChI is InChI=1S/C27H21Br2N3O6/c1-3-4-18-9-17(10-23(36-2)26(18)37-15-16-5-7-21(8-6-16)32(34)35)14-30-31-27(33)24-12-19-11-20(28)13-22(29)25(19)38-24/h3,5-14H,1,4,15H2,2H3,(H,31,33)/b30-14-. The normalized spacial score (nSPS) is 11.0. The Bertz CT molecular complexity index is 1550. The lowest BCUT2D eigenvalue weighted by Crippen LogP contribution is -2.16. The number of ether oxygens (including phenoxy) is 2. The summed E-state index contributed by atoms with van der Waals surface area (Å²) in [6, 6.07) is 15.0. The monoisotopic (exact) mass is 641 g/mol. The molecule has 0 unspecified atom stereocenters. The number of nitro groups is 1. The number of benzene rings is 3. The summed E-state index contributed by atoms with van der Waals surface area (Å²) < 4.78 is 18.8. The summed E-state index contributed by atoms with van der Waals surface area (Å²) in [6.07, 6.45) is 3.71. The molecular weight excluding hydrogens is 622 g/mol. The third kappa shape index (κ3) is 6.29. The average molecular weight is 643 g/mol. The van der Waals surface area contributed by atoms with Gasteiger partial charge >= 0.3 is 5.91 Å². The van der Waals surface area contributed by atoms with Crippen LogP contribution in [0.3, 0.4) is 0 Å². The summed E-state index contributed by atoms with van der Waals surface area (Å²) in [5, 5.41) is 15.7. The van der Waals surface area contributed by atoms with Crippen LogP contribution in [0.5, 0.6) is 11.5 Å². The maximum atomic E-state index is 12.6. The van der Waals surface area contributed by atoms with Gasteiger partial charge in [0.2, 0.25) is 0 Å². The molecule has 0 aliphatic rings. The van der Waals surface area contributed by atoms with E-state index in [1.165, 1.54) is 25.5 Å². The van der Waals surface area contributed by atoms with Crippen LogP contribution < -0.4 is 14.9 Å².